The summed E-state index contributed by atoms with van der Waals surface area (Å²) in [5.74, 6) is -1.05. The average molecular weight is 435 g/mol. The number of aromatic nitrogens is 1. The molecule has 0 spiro atoms. The third-order valence-electron chi connectivity index (χ3n) is 5.84. The fourth-order valence-electron chi connectivity index (χ4n) is 4.19. The molecule has 3 heterocycles. The molecule has 0 atom stereocenters. The zero-order chi connectivity index (χ0) is 21.3. The van der Waals surface area contributed by atoms with Crippen molar-refractivity contribution >= 4 is 27.3 Å². The van der Waals surface area contributed by atoms with E-state index in [1.807, 2.05) is 0 Å². The SMILES string of the molecule is Cn1cc(S(=O)(=O)N2CCCCC2)cc1C(=O)Nc1c(F)cccc1N1CCCC1. The second-order valence-corrected chi connectivity index (χ2v) is 9.86. The molecule has 30 heavy (non-hydrogen) atoms. The maximum absolute atomic E-state index is 14.6. The van der Waals surface area contributed by atoms with Gasteiger partial charge in [0.15, 0.2) is 0 Å². The Labute approximate surface area is 176 Å². The van der Waals surface area contributed by atoms with Gasteiger partial charge >= 0.3 is 0 Å². The van der Waals surface area contributed by atoms with Crippen molar-refractivity contribution in [2.75, 3.05) is 36.4 Å². The topological polar surface area (TPSA) is 74.6 Å². The summed E-state index contributed by atoms with van der Waals surface area (Å²) in [4.78, 5) is 15.1. The molecule has 7 nitrogen and oxygen atoms in total. The number of para-hydroxylation sites is 1. The Hall–Kier alpha value is -2.39. The summed E-state index contributed by atoms with van der Waals surface area (Å²) in [5, 5.41) is 2.67. The Bertz CT molecular complexity index is 1040. The van der Waals surface area contributed by atoms with Crippen LogP contribution in [0.3, 0.4) is 0 Å². The van der Waals surface area contributed by atoms with Crippen LogP contribution in [0.5, 0.6) is 0 Å². The van der Waals surface area contributed by atoms with Gasteiger partial charge in [-0.3, -0.25) is 4.79 Å². The standard InChI is InChI=1S/C21H27FN4O3S/c1-24-15-16(30(28,29)26-12-3-2-4-13-26)14-19(24)21(27)23-20-17(22)8-7-9-18(20)25-10-5-6-11-25/h7-9,14-15H,2-6,10-13H2,1H3,(H,23,27). The highest BCUT2D eigenvalue weighted by Gasteiger charge is 2.29. The van der Waals surface area contributed by atoms with Crippen LogP contribution < -0.4 is 10.2 Å². The van der Waals surface area contributed by atoms with E-state index in [4.69, 9.17) is 0 Å². The minimum absolute atomic E-state index is 0.0883. The van der Waals surface area contributed by atoms with Crippen LogP contribution in [0.1, 0.15) is 42.6 Å². The van der Waals surface area contributed by atoms with Gasteiger partial charge in [0, 0.05) is 39.4 Å². The molecule has 0 unspecified atom stereocenters. The molecular formula is C21H27FN4O3S. The van der Waals surface area contributed by atoms with Gasteiger partial charge < -0.3 is 14.8 Å². The molecule has 2 fully saturated rings. The maximum atomic E-state index is 14.6. The molecule has 0 radical (unpaired) electrons. The van der Waals surface area contributed by atoms with Crippen molar-refractivity contribution in [1.82, 2.24) is 8.87 Å². The molecule has 0 aliphatic carbocycles. The smallest absolute Gasteiger partial charge is 0.272 e. The number of carbonyl (C=O) groups is 1. The van der Waals surface area contributed by atoms with Gasteiger partial charge in [-0.2, -0.15) is 4.31 Å². The lowest BCUT2D eigenvalue weighted by atomic mass is 10.2. The number of rotatable bonds is 5. The normalized spacial score (nSPS) is 18.0. The van der Waals surface area contributed by atoms with Crippen molar-refractivity contribution in [3.8, 4) is 0 Å². The number of piperidine rings is 1. The molecule has 162 valence electrons. The number of benzene rings is 1. The monoisotopic (exact) mass is 434 g/mol. The Morgan fingerprint density at radius 2 is 1.70 bits per heavy atom. The predicted octanol–water partition coefficient (Wildman–Crippen LogP) is 3.19. The number of carbonyl (C=O) groups excluding carboxylic acids is 1. The molecule has 2 saturated heterocycles. The second kappa shape index (κ2) is 8.39. The number of halogens is 1. The van der Waals surface area contributed by atoms with E-state index in [2.05, 4.69) is 10.2 Å². The van der Waals surface area contributed by atoms with Crippen LogP contribution in [0.15, 0.2) is 35.4 Å². The summed E-state index contributed by atoms with van der Waals surface area (Å²) in [6.07, 6.45) is 6.20. The molecule has 0 bridgehead atoms. The van der Waals surface area contributed by atoms with Crippen molar-refractivity contribution in [2.45, 2.75) is 37.0 Å². The van der Waals surface area contributed by atoms with Gasteiger partial charge in [0.2, 0.25) is 10.0 Å². The Kier molecular flexibility index (Phi) is 5.84. The maximum Gasteiger partial charge on any atom is 0.272 e. The second-order valence-electron chi connectivity index (χ2n) is 7.92. The zero-order valence-corrected chi connectivity index (χ0v) is 17.9. The van der Waals surface area contributed by atoms with Crippen molar-refractivity contribution in [1.29, 1.82) is 0 Å². The molecule has 9 heteroatoms. The Morgan fingerprint density at radius 3 is 2.40 bits per heavy atom. The fraction of sp³-hybridized carbons (Fsp3) is 0.476. The van der Waals surface area contributed by atoms with E-state index in [0.717, 1.165) is 45.2 Å². The molecule has 2 aliphatic rings. The molecule has 1 amide bonds. The van der Waals surface area contributed by atoms with Crippen molar-refractivity contribution in [2.24, 2.45) is 7.05 Å². The van der Waals surface area contributed by atoms with Gasteiger partial charge in [0.25, 0.3) is 5.91 Å². The van der Waals surface area contributed by atoms with E-state index < -0.39 is 21.7 Å². The predicted molar refractivity (Wildman–Crippen MR) is 114 cm³/mol. The first-order valence-electron chi connectivity index (χ1n) is 10.4. The Morgan fingerprint density at radius 1 is 1.03 bits per heavy atom. The number of hydrogen-bond acceptors (Lipinski definition) is 4. The van der Waals surface area contributed by atoms with Crippen LogP contribution in [-0.4, -0.2) is 49.4 Å². The van der Waals surface area contributed by atoms with Crippen LogP contribution >= 0.6 is 0 Å². The summed E-state index contributed by atoms with van der Waals surface area (Å²) >= 11 is 0. The number of aryl methyl sites for hydroxylation is 1. The molecule has 4 rings (SSSR count). The minimum Gasteiger partial charge on any atom is -0.370 e. The number of nitrogens with zero attached hydrogens (tertiary/aromatic N) is 3. The molecule has 1 aromatic heterocycles. The van der Waals surface area contributed by atoms with Crippen molar-refractivity contribution in [3.63, 3.8) is 0 Å². The van der Waals surface area contributed by atoms with Crippen LogP contribution in [-0.2, 0) is 17.1 Å². The van der Waals surface area contributed by atoms with E-state index in [-0.39, 0.29) is 16.3 Å². The van der Waals surface area contributed by atoms with Crippen molar-refractivity contribution < 1.29 is 17.6 Å². The summed E-state index contributed by atoms with van der Waals surface area (Å²) in [5.41, 5.74) is 0.948. The lowest BCUT2D eigenvalue weighted by Gasteiger charge is -2.25. The average Bonchev–Trinajstić information content (AvgIpc) is 3.40. The molecule has 0 saturated carbocycles. The number of amides is 1. The molecule has 2 aliphatic heterocycles. The highest BCUT2D eigenvalue weighted by molar-refractivity contribution is 7.89. The number of hydrogen-bond donors (Lipinski definition) is 1. The number of nitrogens with one attached hydrogen (secondary N) is 1. The number of sulfonamides is 1. The van der Waals surface area contributed by atoms with Crippen LogP contribution in [0.2, 0.25) is 0 Å². The molecule has 2 aromatic rings. The highest BCUT2D eigenvalue weighted by Crippen LogP contribution is 2.32. The van der Waals surface area contributed by atoms with Crippen LogP contribution in [0.25, 0.3) is 0 Å². The molecular weight excluding hydrogens is 407 g/mol. The summed E-state index contributed by atoms with van der Waals surface area (Å²) < 4.78 is 43.4. The first-order valence-corrected chi connectivity index (χ1v) is 11.8. The zero-order valence-electron chi connectivity index (χ0n) is 17.1. The summed E-state index contributed by atoms with van der Waals surface area (Å²) in [6, 6.07) is 6.10. The molecule has 1 N–H and O–H groups in total. The highest BCUT2D eigenvalue weighted by atomic mass is 32.2. The van der Waals surface area contributed by atoms with E-state index in [9.17, 15) is 17.6 Å². The first kappa shape index (κ1) is 20.9. The van der Waals surface area contributed by atoms with Crippen LogP contribution in [0, 0.1) is 5.82 Å². The third-order valence-corrected chi connectivity index (χ3v) is 7.71. The van der Waals surface area contributed by atoms with Gasteiger partial charge in [-0.05, 0) is 43.9 Å². The van der Waals surface area contributed by atoms with E-state index in [1.54, 1.807) is 19.2 Å². The quantitative estimate of drug-likeness (QED) is 0.784. The first-order chi connectivity index (χ1) is 14.4. The van der Waals surface area contributed by atoms with Crippen molar-refractivity contribution in [3.05, 3.63) is 42.0 Å². The van der Waals surface area contributed by atoms with Gasteiger partial charge in [-0.1, -0.05) is 12.5 Å². The van der Waals surface area contributed by atoms with Gasteiger partial charge in [-0.15, -0.1) is 0 Å². The third kappa shape index (κ3) is 3.96. The summed E-state index contributed by atoms with van der Waals surface area (Å²) in [7, 11) is -2.03. The van der Waals surface area contributed by atoms with Gasteiger partial charge in [-0.25, -0.2) is 12.8 Å². The summed E-state index contributed by atoms with van der Waals surface area (Å²) in [6.45, 7) is 2.61. The van der Waals surface area contributed by atoms with Gasteiger partial charge in [0.1, 0.15) is 22.1 Å². The lowest BCUT2D eigenvalue weighted by Crippen LogP contribution is -2.35. The van der Waals surface area contributed by atoms with Crippen LogP contribution in [0.4, 0.5) is 15.8 Å². The van der Waals surface area contributed by atoms with E-state index in [0.29, 0.717) is 18.8 Å². The molecule has 1 aromatic carbocycles. The van der Waals surface area contributed by atoms with E-state index in [1.165, 1.54) is 27.2 Å². The fourth-order valence-corrected chi connectivity index (χ4v) is 5.78. The largest absolute Gasteiger partial charge is 0.370 e. The van der Waals surface area contributed by atoms with Gasteiger partial charge in [0.05, 0.1) is 5.69 Å². The number of anilines is 2. The van der Waals surface area contributed by atoms with E-state index >= 15 is 0 Å². The lowest BCUT2D eigenvalue weighted by molar-refractivity contribution is 0.101. The Balaban J connectivity index is 1.60. The minimum atomic E-state index is -3.65.